The van der Waals surface area contributed by atoms with Gasteiger partial charge in [0, 0.05) is 25.0 Å². The van der Waals surface area contributed by atoms with Gasteiger partial charge in [-0.25, -0.2) is 14.2 Å². The summed E-state index contributed by atoms with van der Waals surface area (Å²) < 4.78 is 13.3. The van der Waals surface area contributed by atoms with Crippen LogP contribution in [0.3, 0.4) is 0 Å². The van der Waals surface area contributed by atoms with Gasteiger partial charge in [-0.15, -0.1) is 0 Å². The molecule has 2 aromatic rings. The van der Waals surface area contributed by atoms with E-state index in [2.05, 4.69) is 20.5 Å². The standard InChI is InChI=1S/C19H21FN4O/c20-14-5-3-4-13(10-14)16-11-17(16)23-19(25)22-15-6-7-18(21-12-15)24-8-1-2-9-24/h3-7,10,12,16-17H,1-2,8-9,11H2,(H2,22,23,25)/t16-,17+/m1/s1. The molecule has 0 unspecified atom stereocenters. The Hall–Kier alpha value is -2.63. The number of halogens is 1. The van der Waals surface area contributed by atoms with Crippen LogP contribution in [-0.2, 0) is 0 Å². The molecule has 2 heterocycles. The number of hydrogen-bond donors (Lipinski definition) is 2. The topological polar surface area (TPSA) is 57.3 Å². The molecule has 1 aromatic heterocycles. The highest BCUT2D eigenvalue weighted by atomic mass is 19.1. The molecule has 0 radical (unpaired) electrons. The molecule has 2 aliphatic rings. The summed E-state index contributed by atoms with van der Waals surface area (Å²) in [6, 6.07) is 10.2. The van der Waals surface area contributed by atoms with E-state index >= 15 is 0 Å². The summed E-state index contributed by atoms with van der Waals surface area (Å²) in [6.45, 7) is 2.09. The normalized spacial score (nSPS) is 21.9. The largest absolute Gasteiger partial charge is 0.357 e. The summed E-state index contributed by atoms with van der Waals surface area (Å²) in [6.07, 6.45) is 4.93. The highest BCUT2D eigenvalue weighted by molar-refractivity contribution is 5.89. The third-order valence-electron chi connectivity index (χ3n) is 4.82. The number of amides is 2. The quantitative estimate of drug-likeness (QED) is 0.896. The summed E-state index contributed by atoms with van der Waals surface area (Å²) in [7, 11) is 0. The van der Waals surface area contributed by atoms with Crippen molar-refractivity contribution < 1.29 is 9.18 Å². The Morgan fingerprint density at radius 3 is 2.76 bits per heavy atom. The maximum absolute atomic E-state index is 13.3. The molecule has 4 rings (SSSR count). The minimum atomic E-state index is -0.250. The summed E-state index contributed by atoms with van der Waals surface area (Å²) in [5.41, 5.74) is 1.60. The molecule has 2 N–H and O–H groups in total. The van der Waals surface area contributed by atoms with Crippen LogP contribution in [0.5, 0.6) is 0 Å². The molecule has 1 saturated heterocycles. The molecular formula is C19H21FN4O. The Bertz CT molecular complexity index is 758. The van der Waals surface area contributed by atoms with Crippen molar-refractivity contribution in [2.75, 3.05) is 23.3 Å². The van der Waals surface area contributed by atoms with Gasteiger partial charge in [-0.05, 0) is 49.1 Å². The number of carbonyl (C=O) groups is 1. The number of urea groups is 1. The number of pyridine rings is 1. The van der Waals surface area contributed by atoms with E-state index in [0.29, 0.717) is 5.69 Å². The molecular weight excluding hydrogens is 319 g/mol. The second-order valence-corrected chi connectivity index (χ2v) is 6.70. The van der Waals surface area contributed by atoms with Gasteiger partial charge in [-0.3, -0.25) is 0 Å². The van der Waals surface area contributed by atoms with Gasteiger partial charge in [0.05, 0.1) is 11.9 Å². The molecule has 5 nitrogen and oxygen atoms in total. The van der Waals surface area contributed by atoms with Crippen molar-refractivity contribution >= 4 is 17.5 Å². The van der Waals surface area contributed by atoms with Gasteiger partial charge in [-0.1, -0.05) is 12.1 Å². The monoisotopic (exact) mass is 340 g/mol. The van der Waals surface area contributed by atoms with Crippen molar-refractivity contribution in [3.8, 4) is 0 Å². The zero-order valence-electron chi connectivity index (χ0n) is 13.9. The molecule has 0 bridgehead atoms. The molecule has 6 heteroatoms. The van der Waals surface area contributed by atoms with Gasteiger partial charge >= 0.3 is 6.03 Å². The summed E-state index contributed by atoms with van der Waals surface area (Å²) >= 11 is 0. The fourth-order valence-electron chi connectivity index (χ4n) is 3.39. The average molecular weight is 340 g/mol. The summed E-state index contributed by atoms with van der Waals surface area (Å²) in [5, 5.41) is 5.74. The lowest BCUT2D eigenvalue weighted by atomic mass is 10.1. The van der Waals surface area contributed by atoms with E-state index in [9.17, 15) is 9.18 Å². The maximum Gasteiger partial charge on any atom is 0.319 e. The predicted octanol–water partition coefficient (Wildman–Crippen LogP) is 3.50. The van der Waals surface area contributed by atoms with Crippen LogP contribution in [0.4, 0.5) is 20.7 Å². The van der Waals surface area contributed by atoms with Crippen LogP contribution >= 0.6 is 0 Å². The molecule has 130 valence electrons. The van der Waals surface area contributed by atoms with Crippen LogP contribution in [0.25, 0.3) is 0 Å². The number of rotatable bonds is 4. The van der Waals surface area contributed by atoms with Gasteiger partial charge in [0.1, 0.15) is 11.6 Å². The molecule has 25 heavy (non-hydrogen) atoms. The molecule has 1 aliphatic heterocycles. The van der Waals surface area contributed by atoms with Crippen LogP contribution in [0.1, 0.15) is 30.7 Å². The van der Waals surface area contributed by atoms with Gasteiger partial charge in [0.15, 0.2) is 0 Å². The Labute approximate surface area is 146 Å². The molecule has 1 saturated carbocycles. The lowest BCUT2D eigenvalue weighted by Gasteiger charge is -2.16. The van der Waals surface area contributed by atoms with Crippen molar-refractivity contribution in [2.45, 2.75) is 31.2 Å². The van der Waals surface area contributed by atoms with Crippen molar-refractivity contribution in [3.63, 3.8) is 0 Å². The van der Waals surface area contributed by atoms with E-state index in [1.165, 1.54) is 25.0 Å². The first-order valence-electron chi connectivity index (χ1n) is 8.73. The third kappa shape index (κ3) is 3.73. The van der Waals surface area contributed by atoms with Crippen molar-refractivity contribution in [2.24, 2.45) is 0 Å². The lowest BCUT2D eigenvalue weighted by Crippen LogP contribution is -2.31. The van der Waals surface area contributed by atoms with Crippen LogP contribution in [-0.4, -0.2) is 30.1 Å². The molecule has 1 aromatic carbocycles. The molecule has 2 fully saturated rings. The Balaban J connectivity index is 1.29. The number of nitrogens with zero attached hydrogens (tertiary/aromatic N) is 2. The van der Waals surface area contributed by atoms with Gasteiger partial charge in [-0.2, -0.15) is 0 Å². The smallest absolute Gasteiger partial charge is 0.319 e. The second kappa shape index (κ2) is 6.70. The first-order chi connectivity index (χ1) is 12.2. The number of anilines is 2. The van der Waals surface area contributed by atoms with E-state index < -0.39 is 0 Å². The van der Waals surface area contributed by atoms with Gasteiger partial charge < -0.3 is 15.5 Å². The SMILES string of the molecule is O=C(Nc1ccc(N2CCCC2)nc1)N[C@H]1C[C@@H]1c1cccc(F)c1. The van der Waals surface area contributed by atoms with Crippen LogP contribution in [0, 0.1) is 5.82 Å². The first kappa shape index (κ1) is 15.9. The van der Waals surface area contributed by atoms with E-state index in [-0.39, 0.29) is 23.8 Å². The minimum absolute atomic E-state index is 0.0543. The van der Waals surface area contributed by atoms with E-state index in [0.717, 1.165) is 30.9 Å². The molecule has 1 aliphatic carbocycles. The number of nitrogens with one attached hydrogen (secondary N) is 2. The van der Waals surface area contributed by atoms with Crippen molar-refractivity contribution in [1.29, 1.82) is 0 Å². The second-order valence-electron chi connectivity index (χ2n) is 6.70. The average Bonchev–Trinajstić information content (AvgIpc) is 3.15. The number of aromatic nitrogens is 1. The fourth-order valence-corrected chi connectivity index (χ4v) is 3.39. The first-order valence-corrected chi connectivity index (χ1v) is 8.73. The molecule has 2 amide bonds. The Morgan fingerprint density at radius 2 is 2.04 bits per heavy atom. The fraction of sp³-hybridized carbons (Fsp3) is 0.368. The van der Waals surface area contributed by atoms with Crippen molar-refractivity contribution in [1.82, 2.24) is 10.3 Å². The maximum atomic E-state index is 13.3. The van der Waals surface area contributed by atoms with E-state index in [1.807, 2.05) is 18.2 Å². The van der Waals surface area contributed by atoms with E-state index in [1.54, 1.807) is 12.3 Å². The highest BCUT2D eigenvalue weighted by Gasteiger charge is 2.39. The third-order valence-corrected chi connectivity index (χ3v) is 4.82. The molecule has 2 atom stereocenters. The zero-order chi connectivity index (χ0) is 17.2. The minimum Gasteiger partial charge on any atom is -0.357 e. The van der Waals surface area contributed by atoms with Gasteiger partial charge in [0.2, 0.25) is 0 Å². The van der Waals surface area contributed by atoms with Crippen LogP contribution in [0.15, 0.2) is 42.6 Å². The van der Waals surface area contributed by atoms with Crippen LogP contribution in [0.2, 0.25) is 0 Å². The lowest BCUT2D eigenvalue weighted by molar-refractivity contribution is 0.251. The molecule has 0 spiro atoms. The summed E-state index contributed by atoms with van der Waals surface area (Å²) in [5.74, 6) is 0.908. The van der Waals surface area contributed by atoms with Crippen molar-refractivity contribution in [3.05, 3.63) is 54.0 Å². The highest BCUT2D eigenvalue weighted by Crippen LogP contribution is 2.40. The number of hydrogen-bond acceptors (Lipinski definition) is 3. The zero-order valence-corrected chi connectivity index (χ0v) is 13.9. The number of benzene rings is 1. The van der Waals surface area contributed by atoms with Gasteiger partial charge in [0.25, 0.3) is 0 Å². The Morgan fingerprint density at radius 1 is 1.20 bits per heavy atom. The summed E-state index contributed by atoms with van der Waals surface area (Å²) in [4.78, 5) is 18.8. The van der Waals surface area contributed by atoms with Crippen LogP contribution < -0.4 is 15.5 Å². The predicted molar refractivity (Wildman–Crippen MR) is 95.4 cm³/mol. The number of carbonyl (C=O) groups excluding carboxylic acids is 1. The van der Waals surface area contributed by atoms with E-state index in [4.69, 9.17) is 0 Å². The Kier molecular flexibility index (Phi) is 4.26.